The molecule has 1 N–H and O–H groups in total. The van der Waals surface area contributed by atoms with Gasteiger partial charge in [-0.2, -0.15) is 0 Å². The Balaban J connectivity index is 1.84. The van der Waals surface area contributed by atoms with Gasteiger partial charge in [0, 0.05) is 32.1 Å². The van der Waals surface area contributed by atoms with Crippen LogP contribution < -0.4 is 5.32 Å². The Morgan fingerprint density at radius 1 is 1.30 bits per heavy atom. The Morgan fingerprint density at radius 3 is 2.65 bits per heavy atom. The van der Waals surface area contributed by atoms with E-state index in [9.17, 15) is 4.79 Å². The van der Waals surface area contributed by atoms with Gasteiger partial charge in [-0.05, 0) is 17.6 Å². The Kier molecular flexibility index (Phi) is 5.36. The molecule has 0 spiro atoms. The molecule has 0 fully saturated rings. The molecule has 3 nitrogen and oxygen atoms in total. The SMILES string of the molecule is CC(C)NCCC(=O)N1CC=C(c2ccccc2)CC1. The minimum absolute atomic E-state index is 0.251. The van der Waals surface area contributed by atoms with E-state index < -0.39 is 0 Å². The molecular weight excluding hydrogens is 248 g/mol. The van der Waals surface area contributed by atoms with Gasteiger partial charge in [0.1, 0.15) is 0 Å². The molecule has 0 aliphatic carbocycles. The lowest BCUT2D eigenvalue weighted by atomic mass is 9.99. The molecule has 1 aliphatic heterocycles. The lowest BCUT2D eigenvalue weighted by molar-refractivity contribution is -0.130. The lowest BCUT2D eigenvalue weighted by Gasteiger charge is -2.27. The van der Waals surface area contributed by atoms with E-state index in [0.717, 1.165) is 26.1 Å². The van der Waals surface area contributed by atoms with Gasteiger partial charge in [0.25, 0.3) is 0 Å². The highest BCUT2D eigenvalue weighted by Gasteiger charge is 2.17. The molecule has 108 valence electrons. The third kappa shape index (κ3) is 4.20. The molecule has 3 heteroatoms. The molecular formula is C17H24N2O. The van der Waals surface area contributed by atoms with Gasteiger partial charge < -0.3 is 10.2 Å². The maximum absolute atomic E-state index is 12.1. The summed E-state index contributed by atoms with van der Waals surface area (Å²) in [6.07, 6.45) is 3.73. The standard InChI is InChI=1S/C17H24N2O/c1-14(2)18-11-8-17(20)19-12-9-16(10-13-19)15-6-4-3-5-7-15/h3-7,9,14,18H,8,10-13H2,1-2H3. The van der Waals surface area contributed by atoms with E-state index in [0.29, 0.717) is 12.5 Å². The average molecular weight is 272 g/mol. The summed E-state index contributed by atoms with van der Waals surface area (Å²) in [5.74, 6) is 0.251. The molecule has 0 atom stereocenters. The largest absolute Gasteiger partial charge is 0.339 e. The minimum Gasteiger partial charge on any atom is -0.339 e. The van der Waals surface area contributed by atoms with Crippen LogP contribution in [0.15, 0.2) is 36.4 Å². The lowest BCUT2D eigenvalue weighted by Crippen LogP contribution is -2.37. The summed E-state index contributed by atoms with van der Waals surface area (Å²) in [7, 11) is 0. The summed E-state index contributed by atoms with van der Waals surface area (Å²) in [4.78, 5) is 14.0. The van der Waals surface area contributed by atoms with Gasteiger partial charge >= 0.3 is 0 Å². The molecule has 0 saturated carbocycles. The van der Waals surface area contributed by atoms with Crippen molar-refractivity contribution in [1.29, 1.82) is 0 Å². The van der Waals surface area contributed by atoms with Crippen molar-refractivity contribution in [3.05, 3.63) is 42.0 Å². The Bertz CT molecular complexity index is 465. The predicted octanol–water partition coefficient (Wildman–Crippen LogP) is 2.69. The van der Waals surface area contributed by atoms with Crippen LogP contribution in [-0.4, -0.2) is 36.5 Å². The molecule has 0 bridgehead atoms. The van der Waals surface area contributed by atoms with Gasteiger partial charge in [0.15, 0.2) is 0 Å². The van der Waals surface area contributed by atoms with Crippen molar-refractivity contribution in [3.63, 3.8) is 0 Å². The molecule has 0 saturated heterocycles. The Labute approximate surface area is 121 Å². The normalized spacial score (nSPS) is 15.3. The highest BCUT2D eigenvalue weighted by Crippen LogP contribution is 2.22. The van der Waals surface area contributed by atoms with Gasteiger partial charge in [-0.25, -0.2) is 0 Å². The molecule has 1 heterocycles. The van der Waals surface area contributed by atoms with Crippen LogP contribution >= 0.6 is 0 Å². The van der Waals surface area contributed by atoms with E-state index >= 15 is 0 Å². The quantitative estimate of drug-likeness (QED) is 0.894. The van der Waals surface area contributed by atoms with E-state index in [1.165, 1.54) is 11.1 Å². The third-order valence-electron chi connectivity index (χ3n) is 3.60. The molecule has 1 aliphatic rings. The van der Waals surface area contributed by atoms with Crippen LogP contribution in [0, 0.1) is 0 Å². The zero-order chi connectivity index (χ0) is 14.4. The van der Waals surface area contributed by atoms with Gasteiger partial charge in [-0.1, -0.05) is 50.3 Å². The van der Waals surface area contributed by atoms with Crippen LogP contribution in [0.2, 0.25) is 0 Å². The van der Waals surface area contributed by atoms with Gasteiger partial charge in [-0.15, -0.1) is 0 Å². The van der Waals surface area contributed by atoms with E-state index in [-0.39, 0.29) is 5.91 Å². The molecule has 1 amide bonds. The topological polar surface area (TPSA) is 32.3 Å². The number of amides is 1. The fourth-order valence-corrected chi connectivity index (χ4v) is 2.44. The fourth-order valence-electron chi connectivity index (χ4n) is 2.44. The molecule has 0 radical (unpaired) electrons. The maximum atomic E-state index is 12.1. The average Bonchev–Trinajstić information content (AvgIpc) is 2.48. The second-order valence-electron chi connectivity index (χ2n) is 5.54. The Morgan fingerprint density at radius 2 is 2.05 bits per heavy atom. The van der Waals surface area contributed by atoms with E-state index in [4.69, 9.17) is 0 Å². The predicted molar refractivity (Wildman–Crippen MR) is 83.4 cm³/mol. The number of hydrogen-bond acceptors (Lipinski definition) is 2. The first-order valence-corrected chi connectivity index (χ1v) is 7.42. The zero-order valence-corrected chi connectivity index (χ0v) is 12.4. The van der Waals surface area contributed by atoms with Crippen LogP contribution in [0.3, 0.4) is 0 Å². The third-order valence-corrected chi connectivity index (χ3v) is 3.60. The summed E-state index contributed by atoms with van der Waals surface area (Å²) in [5.41, 5.74) is 2.64. The minimum atomic E-state index is 0.251. The molecule has 20 heavy (non-hydrogen) atoms. The number of carbonyl (C=O) groups excluding carboxylic acids is 1. The van der Waals surface area contributed by atoms with Crippen molar-refractivity contribution in [2.24, 2.45) is 0 Å². The smallest absolute Gasteiger partial charge is 0.224 e. The number of nitrogens with one attached hydrogen (secondary N) is 1. The first-order chi connectivity index (χ1) is 9.66. The van der Waals surface area contributed by atoms with Crippen molar-refractivity contribution in [1.82, 2.24) is 10.2 Å². The first-order valence-electron chi connectivity index (χ1n) is 7.42. The first kappa shape index (κ1) is 14.8. The van der Waals surface area contributed by atoms with Crippen LogP contribution in [0.4, 0.5) is 0 Å². The second kappa shape index (κ2) is 7.25. The number of carbonyl (C=O) groups is 1. The molecule has 0 aromatic heterocycles. The van der Waals surface area contributed by atoms with Crippen LogP contribution in [0.1, 0.15) is 32.3 Å². The summed E-state index contributed by atoms with van der Waals surface area (Å²) < 4.78 is 0. The molecule has 2 rings (SSSR count). The zero-order valence-electron chi connectivity index (χ0n) is 12.4. The van der Waals surface area contributed by atoms with Crippen LogP contribution in [-0.2, 0) is 4.79 Å². The number of benzene rings is 1. The highest BCUT2D eigenvalue weighted by atomic mass is 16.2. The number of hydrogen-bond donors (Lipinski definition) is 1. The second-order valence-corrected chi connectivity index (χ2v) is 5.54. The maximum Gasteiger partial charge on any atom is 0.224 e. The monoisotopic (exact) mass is 272 g/mol. The van der Waals surface area contributed by atoms with Crippen molar-refractivity contribution >= 4 is 11.5 Å². The van der Waals surface area contributed by atoms with Gasteiger partial charge in [0.05, 0.1) is 0 Å². The van der Waals surface area contributed by atoms with Crippen LogP contribution in [0.25, 0.3) is 5.57 Å². The van der Waals surface area contributed by atoms with Gasteiger partial charge in [-0.3, -0.25) is 4.79 Å². The van der Waals surface area contributed by atoms with E-state index in [1.807, 2.05) is 11.0 Å². The van der Waals surface area contributed by atoms with Crippen molar-refractivity contribution < 1.29 is 4.79 Å². The van der Waals surface area contributed by atoms with Crippen LogP contribution in [0.5, 0.6) is 0 Å². The Hall–Kier alpha value is -1.61. The summed E-state index contributed by atoms with van der Waals surface area (Å²) >= 11 is 0. The molecule has 1 aromatic rings. The van der Waals surface area contributed by atoms with Crippen molar-refractivity contribution in [2.75, 3.05) is 19.6 Å². The fraction of sp³-hybridized carbons (Fsp3) is 0.471. The number of nitrogens with zero attached hydrogens (tertiary/aromatic N) is 1. The summed E-state index contributed by atoms with van der Waals surface area (Å²) in [5, 5.41) is 3.29. The molecule has 0 unspecified atom stereocenters. The summed E-state index contributed by atoms with van der Waals surface area (Å²) in [6.45, 7) is 6.54. The van der Waals surface area contributed by atoms with E-state index in [1.54, 1.807) is 0 Å². The molecule has 1 aromatic carbocycles. The highest BCUT2D eigenvalue weighted by molar-refractivity contribution is 5.78. The summed E-state index contributed by atoms with van der Waals surface area (Å²) in [6, 6.07) is 10.9. The number of rotatable bonds is 5. The van der Waals surface area contributed by atoms with E-state index in [2.05, 4.69) is 49.5 Å². The van der Waals surface area contributed by atoms with Crippen molar-refractivity contribution in [2.45, 2.75) is 32.7 Å². The van der Waals surface area contributed by atoms with Gasteiger partial charge in [0.2, 0.25) is 5.91 Å². The van der Waals surface area contributed by atoms with Crippen molar-refractivity contribution in [3.8, 4) is 0 Å².